The fraction of sp³-hybridized carbons (Fsp3) is 0.417. The van der Waals surface area contributed by atoms with Crippen molar-refractivity contribution in [3.8, 4) is 0 Å². The molecule has 0 saturated heterocycles. The molecular formula is C12H17N2Se. The Labute approximate surface area is 100 Å². The monoisotopic (exact) mass is 269 g/mol. The number of aliphatic imine (C=N–C) groups is 1. The Bertz CT molecular complexity index is 339. The molecule has 81 valence electrons. The molecule has 1 radical (unpaired) electrons. The molecule has 0 aromatic heterocycles. The molecule has 0 aliphatic heterocycles. The van der Waals surface area contributed by atoms with Gasteiger partial charge in [0.2, 0.25) is 0 Å². The molecular weight excluding hydrogens is 251 g/mol. The summed E-state index contributed by atoms with van der Waals surface area (Å²) in [5.41, 5.74) is 2.34. The fourth-order valence-electron chi connectivity index (χ4n) is 1.14. The van der Waals surface area contributed by atoms with Crippen LogP contribution in [0, 0.1) is 0 Å². The van der Waals surface area contributed by atoms with Crippen molar-refractivity contribution in [2.75, 3.05) is 14.1 Å². The van der Waals surface area contributed by atoms with Crippen LogP contribution in [0.3, 0.4) is 0 Å². The van der Waals surface area contributed by atoms with Crippen LogP contribution in [0.4, 0.5) is 5.69 Å². The molecule has 0 heterocycles. The van der Waals surface area contributed by atoms with Crippen molar-refractivity contribution >= 4 is 26.4 Å². The molecule has 1 aromatic rings. The summed E-state index contributed by atoms with van der Waals surface area (Å²) >= 11 is 2.94. The van der Waals surface area contributed by atoms with E-state index in [1.165, 1.54) is 5.56 Å². The van der Waals surface area contributed by atoms with Gasteiger partial charge in [0, 0.05) is 0 Å². The van der Waals surface area contributed by atoms with Gasteiger partial charge in [-0.3, -0.25) is 0 Å². The fourth-order valence-corrected chi connectivity index (χ4v) is 1.37. The van der Waals surface area contributed by atoms with Gasteiger partial charge in [-0.25, -0.2) is 0 Å². The first-order valence-corrected chi connectivity index (χ1v) is 5.89. The van der Waals surface area contributed by atoms with E-state index in [1.807, 2.05) is 19.0 Å². The molecule has 2 nitrogen and oxygen atoms in total. The van der Waals surface area contributed by atoms with Gasteiger partial charge in [-0.05, 0) is 0 Å². The first-order chi connectivity index (χ1) is 7.00. The predicted molar refractivity (Wildman–Crippen MR) is 67.1 cm³/mol. The average Bonchev–Trinajstić information content (AvgIpc) is 2.18. The first-order valence-electron chi connectivity index (χ1n) is 5.03. The van der Waals surface area contributed by atoms with Gasteiger partial charge in [0.1, 0.15) is 0 Å². The second-order valence-corrected chi connectivity index (χ2v) is 4.80. The molecule has 1 aromatic carbocycles. The van der Waals surface area contributed by atoms with Crippen LogP contribution >= 0.6 is 0 Å². The van der Waals surface area contributed by atoms with E-state index in [0.29, 0.717) is 5.92 Å². The van der Waals surface area contributed by atoms with Gasteiger partial charge in [0.15, 0.2) is 0 Å². The first kappa shape index (κ1) is 12.3. The number of hydrogen-bond donors (Lipinski definition) is 0. The Hall–Kier alpha value is -0.791. The van der Waals surface area contributed by atoms with Gasteiger partial charge in [-0.2, -0.15) is 0 Å². The zero-order valence-corrected chi connectivity index (χ0v) is 11.4. The molecule has 0 amide bonds. The zero-order valence-electron chi connectivity index (χ0n) is 9.69. The summed E-state index contributed by atoms with van der Waals surface area (Å²) in [6.45, 7) is 4.38. The van der Waals surface area contributed by atoms with Crippen LogP contribution in [0.1, 0.15) is 25.3 Å². The molecule has 0 fully saturated rings. The summed E-state index contributed by atoms with van der Waals surface area (Å²) in [4.78, 5) is 6.40. The molecule has 0 saturated carbocycles. The van der Waals surface area contributed by atoms with Crippen molar-refractivity contribution < 1.29 is 0 Å². The molecule has 15 heavy (non-hydrogen) atoms. The van der Waals surface area contributed by atoms with E-state index in [9.17, 15) is 0 Å². The predicted octanol–water partition coefficient (Wildman–Crippen LogP) is 2.53. The van der Waals surface area contributed by atoms with Gasteiger partial charge >= 0.3 is 100 Å². The van der Waals surface area contributed by atoms with E-state index < -0.39 is 0 Å². The maximum atomic E-state index is 4.45. The van der Waals surface area contributed by atoms with E-state index in [2.05, 4.69) is 59.1 Å². The topological polar surface area (TPSA) is 15.6 Å². The third-order valence-electron chi connectivity index (χ3n) is 2.17. The van der Waals surface area contributed by atoms with E-state index in [4.69, 9.17) is 0 Å². The molecule has 0 spiro atoms. The SMILES string of the molecule is CC(C)c1ccc(N=C([Se])N(C)C)cc1. The summed E-state index contributed by atoms with van der Waals surface area (Å²) in [7, 11) is 3.94. The summed E-state index contributed by atoms with van der Waals surface area (Å²) in [6.07, 6.45) is 0. The Morgan fingerprint density at radius 3 is 2.13 bits per heavy atom. The summed E-state index contributed by atoms with van der Waals surface area (Å²) in [5, 5.41) is 0. The molecule has 1 rings (SSSR count). The Morgan fingerprint density at radius 2 is 1.73 bits per heavy atom. The molecule has 0 atom stereocenters. The van der Waals surface area contributed by atoms with Crippen LogP contribution in [0.15, 0.2) is 29.3 Å². The quantitative estimate of drug-likeness (QED) is 0.457. The number of amidine groups is 1. The van der Waals surface area contributed by atoms with Crippen LogP contribution < -0.4 is 0 Å². The normalized spacial score (nSPS) is 11.9. The van der Waals surface area contributed by atoms with Gasteiger partial charge in [-0.1, -0.05) is 0 Å². The molecule has 0 bridgehead atoms. The van der Waals surface area contributed by atoms with Gasteiger partial charge in [-0.15, -0.1) is 0 Å². The molecule has 3 heteroatoms. The number of hydrogen-bond acceptors (Lipinski definition) is 1. The minimum absolute atomic E-state index is 0.574. The summed E-state index contributed by atoms with van der Waals surface area (Å²) in [5.74, 6) is 0.574. The molecule has 0 unspecified atom stereocenters. The minimum atomic E-state index is 0.574. The Kier molecular flexibility index (Phi) is 4.37. The number of benzene rings is 1. The molecule has 0 N–H and O–H groups in total. The van der Waals surface area contributed by atoms with Gasteiger partial charge < -0.3 is 0 Å². The third-order valence-corrected chi connectivity index (χ3v) is 3.12. The molecule has 0 aliphatic rings. The van der Waals surface area contributed by atoms with Crippen molar-refractivity contribution in [3.63, 3.8) is 0 Å². The van der Waals surface area contributed by atoms with E-state index in [0.717, 1.165) is 10.4 Å². The van der Waals surface area contributed by atoms with E-state index >= 15 is 0 Å². The number of nitrogens with zero attached hydrogens (tertiary/aromatic N) is 2. The van der Waals surface area contributed by atoms with Crippen molar-refractivity contribution in [1.82, 2.24) is 4.90 Å². The summed E-state index contributed by atoms with van der Waals surface area (Å²) < 4.78 is 0.896. The van der Waals surface area contributed by atoms with Crippen LogP contribution in [0.5, 0.6) is 0 Å². The maximum absolute atomic E-state index is 4.45. The average molecular weight is 268 g/mol. The van der Waals surface area contributed by atoms with Crippen LogP contribution in [-0.4, -0.2) is 39.7 Å². The van der Waals surface area contributed by atoms with Crippen molar-refractivity contribution in [2.24, 2.45) is 4.99 Å². The van der Waals surface area contributed by atoms with E-state index in [1.54, 1.807) is 0 Å². The van der Waals surface area contributed by atoms with Gasteiger partial charge in [0.05, 0.1) is 0 Å². The second-order valence-electron chi connectivity index (χ2n) is 4.04. The van der Waals surface area contributed by atoms with Crippen LogP contribution in [0.2, 0.25) is 0 Å². The summed E-state index contributed by atoms with van der Waals surface area (Å²) in [6, 6.07) is 8.37. The van der Waals surface area contributed by atoms with Crippen molar-refractivity contribution in [3.05, 3.63) is 29.8 Å². The Morgan fingerprint density at radius 1 is 1.20 bits per heavy atom. The second kappa shape index (κ2) is 5.34. The number of rotatable bonds is 2. The van der Waals surface area contributed by atoms with E-state index in [-0.39, 0.29) is 0 Å². The zero-order chi connectivity index (χ0) is 11.4. The third kappa shape index (κ3) is 3.69. The van der Waals surface area contributed by atoms with Crippen molar-refractivity contribution in [1.29, 1.82) is 0 Å². The molecule has 0 aliphatic carbocycles. The van der Waals surface area contributed by atoms with Gasteiger partial charge in [0.25, 0.3) is 0 Å². The van der Waals surface area contributed by atoms with Crippen LogP contribution in [0.25, 0.3) is 0 Å². The van der Waals surface area contributed by atoms with Crippen molar-refractivity contribution in [2.45, 2.75) is 19.8 Å². The Balaban J connectivity index is 2.85. The van der Waals surface area contributed by atoms with Crippen LogP contribution in [-0.2, 0) is 0 Å². The standard InChI is InChI=1S/C12H17N2Se/c1-9(2)10-5-7-11(8-6-10)13-12(15)14(3)4/h5-9H,1-4H3.